The second kappa shape index (κ2) is 7.46. The quantitative estimate of drug-likeness (QED) is 0.805. The topological polar surface area (TPSA) is 42.4 Å². The van der Waals surface area contributed by atoms with E-state index in [4.69, 9.17) is 9.84 Å². The molecule has 0 saturated carbocycles. The molecule has 100 valence electrons. The maximum atomic E-state index is 8.96. The molecule has 1 N–H and O–H groups in total. The predicted molar refractivity (Wildman–Crippen MR) is 76.8 cm³/mol. The van der Waals surface area contributed by atoms with Gasteiger partial charge in [0.2, 0.25) is 0 Å². The molecule has 1 atom stereocenters. The van der Waals surface area contributed by atoms with E-state index in [1.165, 1.54) is 0 Å². The van der Waals surface area contributed by atoms with Crippen LogP contribution in [-0.2, 0) is 4.74 Å². The van der Waals surface area contributed by atoms with Gasteiger partial charge < -0.3 is 9.84 Å². The van der Waals surface area contributed by atoms with Crippen molar-refractivity contribution in [1.29, 1.82) is 0 Å². The van der Waals surface area contributed by atoms with Crippen LogP contribution < -0.4 is 0 Å². The molecule has 0 aliphatic rings. The smallest absolute Gasteiger partial charge is 0.0901 e. The fourth-order valence-electron chi connectivity index (χ4n) is 1.61. The molecule has 0 saturated heterocycles. The normalized spacial score (nSPS) is 14.9. The molecule has 18 heavy (non-hydrogen) atoms. The number of aromatic nitrogens is 1. The largest absolute Gasteiger partial charge is 0.392 e. The van der Waals surface area contributed by atoms with Crippen molar-refractivity contribution in [1.82, 2.24) is 4.98 Å². The molecular formula is C14H21NO2S. The lowest BCUT2D eigenvalue weighted by molar-refractivity contribution is 0.134. The number of nitrogens with zero attached hydrogens (tertiary/aromatic N) is 1. The summed E-state index contributed by atoms with van der Waals surface area (Å²) in [5.41, 5.74) is 3.10. The summed E-state index contributed by atoms with van der Waals surface area (Å²) >= 11 is 1.65. The number of thiazole rings is 1. The minimum absolute atomic E-state index is 0.0357. The summed E-state index contributed by atoms with van der Waals surface area (Å²) < 4.78 is 5.47. The highest BCUT2D eigenvalue weighted by molar-refractivity contribution is 7.09. The first-order valence-corrected chi connectivity index (χ1v) is 6.84. The van der Waals surface area contributed by atoms with Crippen LogP contribution in [0.3, 0.4) is 0 Å². The van der Waals surface area contributed by atoms with Crippen molar-refractivity contribution < 1.29 is 9.84 Å². The first kappa shape index (κ1) is 15.1. The Balaban J connectivity index is 2.72. The fraction of sp³-hybridized carbons (Fsp3) is 0.500. The molecule has 0 radical (unpaired) electrons. The molecule has 1 heterocycles. The van der Waals surface area contributed by atoms with Crippen LogP contribution in [0.2, 0.25) is 0 Å². The second-order valence-corrected chi connectivity index (χ2v) is 5.41. The molecule has 0 aromatic carbocycles. The lowest BCUT2D eigenvalue weighted by Gasteiger charge is -2.14. The number of aliphatic hydroxyl groups excluding tert-OH is 1. The number of aliphatic hydroxyl groups is 1. The molecule has 0 aliphatic carbocycles. The molecule has 0 bridgehead atoms. The lowest BCUT2D eigenvalue weighted by Crippen LogP contribution is -2.11. The van der Waals surface area contributed by atoms with Gasteiger partial charge in [-0.3, -0.25) is 0 Å². The highest BCUT2D eigenvalue weighted by Crippen LogP contribution is 2.17. The van der Waals surface area contributed by atoms with E-state index in [1.807, 2.05) is 32.2 Å². The van der Waals surface area contributed by atoms with E-state index in [1.54, 1.807) is 18.4 Å². The predicted octanol–water partition coefficient (Wildman–Crippen LogP) is 3.20. The van der Waals surface area contributed by atoms with E-state index in [2.05, 4.69) is 11.1 Å². The molecular weight excluding hydrogens is 246 g/mol. The molecule has 0 aliphatic heterocycles. The van der Waals surface area contributed by atoms with Gasteiger partial charge in [-0.05, 0) is 38.8 Å². The molecule has 1 rings (SSSR count). The van der Waals surface area contributed by atoms with Gasteiger partial charge in [0.15, 0.2) is 0 Å². The highest BCUT2D eigenvalue weighted by atomic mass is 32.1. The second-order valence-electron chi connectivity index (χ2n) is 4.35. The Morgan fingerprint density at radius 3 is 2.78 bits per heavy atom. The summed E-state index contributed by atoms with van der Waals surface area (Å²) in [7, 11) is 1.70. The van der Waals surface area contributed by atoms with E-state index < -0.39 is 0 Å². The van der Waals surface area contributed by atoms with Crippen molar-refractivity contribution in [3.8, 4) is 0 Å². The summed E-state index contributed by atoms with van der Waals surface area (Å²) in [6.45, 7) is 6.06. The van der Waals surface area contributed by atoms with Crippen LogP contribution in [0.25, 0.3) is 6.08 Å². The van der Waals surface area contributed by atoms with Crippen molar-refractivity contribution in [3.63, 3.8) is 0 Å². The Morgan fingerprint density at radius 2 is 2.28 bits per heavy atom. The van der Waals surface area contributed by atoms with Crippen LogP contribution in [0.1, 0.15) is 31.0 Å². The maximum Gasteiger partial charge on any atom is 0.0901 e. The van der Waals surface area contributed by atoms with Gasteiger partial charge in [0.25, 0.3) is 0 Å². The average molecular weight is 267 g/mol. The zero-order valence-electron chi connectivity index (χ0n) is 11.4. The van der Waals surface area contributed by atoms with Gasteiger partial charge in [-0.1, -0.05) is 11.6 Å². The Morgan fingerprint density at radius 1 is 1.56 bits per heavy atom. The standard InChI is InChI=1S/C14H21NO2S/c1-10(8-16)5-6-14(17-4)11(2)7-13-9-18-12(3)15-13/h5,7,9,14,16H,6,8H2,1-4H3/b10-5-,11-7+/t14-/m0/s1. The maximum absolute atomic E-state index is 8.96. The van der Waals surface area contributed by atoms with E-state index in [9.17, 15) is 0 Å². The van der Waals surface area contributed by atoms with Gasteiger partial charge in [0.1, 0.15) is 0 Å². The van der Waals surface area contributed by atoms with E-state index in [0.717, 1.165) is 28.3 Å². The van der Waals surface area contributed by atoms with Crippen LogP contribution in [0.4, 0.5) is 0 Å². The van der Waals surface area contributed by atoms with Crippen molar-refractivity contribution in [3.05, 3.63) is 33.3 Å². The summed E-state index contributed by atoms with van der Waals surface area (Å²) in [6.07, 6.45) is 4.87. The Bertz CT molecular complexity index is 435. The first-order chi connectivity index (χ1) is 8.56. The van der Waals surface area contributed by atoms with Crippen LogP contribution >= 0.6 is 11.3 Å². The monoisotopic (exact) mass is 267 g/mol. The minimum atomic E-state index is 0.0357. The molecule has 0 spiro atoms. The number of rotatable bonds is 6. The number of aryl methyl sites for hydroxylation is 1. The Labute approximate surface area is 113 Å². The lowest BCUT2D eigenvalue weighted by atomic mass is 10.1. The van der Waals surface area contributed by atoms with Crippen LogP contribution in [0, 0.1) is 6.92 Å². The fourth-order valence-corrected chi connectivity index (χ4v) is 2.18. The Hall–Kier alpha value is -0.970. The van der Waals surface area contributed by atoms with Crippen molar-refractivity contribution in [2.24, 2.45) is 0 Å². The van der Waals surface area contributed by atoms with Crippen molar-refractivity contribution >= 4 is 17.4 Å². The molecule has 0 amide bonds. The van der Waals surface area contributed by atoms with Gasteiger partial charge in [-0.2, -0.15) is 0 Å². The average Bonchev–Trinajstić information content (AvgIpc) is 2.75. The molecule has 0 unspecified atom stereocenters. The van der Waals surface area contributed by atoms with Crippen molar-refractivity contribution in [2.45, 2.75) is 33.3 Å². The first-order valence-electron chi connectivity index (χ1n) is 5.96. The zero-order valence-corrected chi connectivity index (χ0v) is 12.3. The molecule has 3 nitrogen and oxygen atoms in total. The van der Waals surface area contributed by atoms with Gasteiger partial charge in [-0.25, -0.2) is 4.98 Å². The SMILES string of the molecule is CO[C@@H](C/C=C(/C)CO)/C(C)=C/c1csc(C)n1. The van der Waals surface area contributed by atoms with E-state index in [0.29, 0.717) is 0 Å². The summed E-state index contributed by atoms with van der Waals surface area (Å²) in [5.74, 6) is 0. The van der Waals surface area contributed by atoms with Gasteiger partial charge in [0, 0.05) is 12.5 Å². The number of hydrogen-bond donors (Lipinski definition) is 1. The summed E-state index contributed by atoms with van der Waals surface area (Å²) in [6, 6.07) is 0. The zero-order chi connectivity index (χ0) is 13.5. The third-order valence-electron chi connectivity index (χ3n) is 2.73. The van der Waals surface area contributed by atoms with E-state index in [-0.39, 0.29) is 12.7 Å². The van der Waals surface area contributed by atoms with Crippen LogP contribution in [0.5, 0.6) is 0 Å². The minimum Gasteiger partial charge on any atom is -0.392 e. The van der Waals surface area contributed by atoms with Crippen LogP contribution in [-0.4, -0.2) is 29.9 Å². The number of ether oxygens (including phenoxy) is 1. The third-order valence-corrected chi connectivity index (χ3v) is 3.53. The Kier molecular flexibility index (Phi) is 6.25. The molecule has 0 fully saturated rings. The summed E-state index contributed by atoms with van der Waals surface area (Å²) in [5, 5.41) is 12.1. The highest BCUT2D eigenvalue weighted by Gasteiger charge is 2.08. The van der Waals surface area contributed by atoms with E-state index >= 15 is 0 Å². The number of methoxy groups -OCH3 is 1. The third kappa shape index (κ3) is 4.72. The molecule has 1 aromatic heterocycles. The molecule has 1 aromatic rings. The van der Waals surface area contributed by atoms with Gasteiger partial charge in [0.05, 0.1) is 23.4 Å². The number of hydrogen-bond acceptors (Lipinski definition) is 4. The molecule has 4 heteroatoms. The van der Waals surface area contributed by atoms with Gasteiger partial charge >= 0.3 is 0 Å². The van der Waals surface area contributed by atoms with Gasteiger partial charge in [-0.15, -0.1) is 11.3 Å². The summed E-state index contributed by atoms with van der Waals surface area (Å²) in [4.78, 5) is 4.41. The van der Waals surface area contributed by atoms with Crippen LogP contribution in [0.15, 0.2) is 22.6 Å². The van der Waals surface area contributed by atoms with Crippen molar-refractivity contribution in [2.75, 3.05) is 13.7 Å².